The maximum Gasteiger partial charge on any atom is 0.495 e. The molecule has 4 aromatic carbocycles. The molecule has 2 aliphatic heterocycles. The molecule has 306 valence electrons. The van der Waals surface area contributed by atoms with Crippen molar-refractivity contribution in [2.45, 2.75) is 116 Å². The normalized spacial score (nSPS) is 20.8. The summed E-state index contributed by atoms with van der Waals surface area (Å²) in [6.07, 6.45) is 7.81. The van der Waals surface area contributed by atoms with E-state index >= 15 is 0 Å². The van der Waals surface area contributed by atoms with Crippen molar-refractivity contribution in [3.63, 3.8) is 0 Å². The van der Waals surface area contributed by atoms with Gasteiger partial charge in [-0.15, -0.1) is 0 Å². The molecule has 9 rings (SSSR count). The Balaban J connectivity index is 1.08. The number of hydrogen-bond donors (Lipinski definition) is 2. The van der Waals surface area contributed by atoms with Gasteiger partial charge in [0.15, 0.2) is 0 Å². The van der Waals surface area contributed by atoms with Gasteiger partial charge >= 0.3 is 13.2 Å². The summed E-state index contributed by atoms with van der Waals surface area (Å²) in [5, 5.41) is 5.53. The zero-order valence-electron chi connectivity index (χ0n) is 35.4. The van der Waals surface area contributed by atoms with E-state index in [0.717, 1.165) is 35.7 Å². The van der Waals surface area contributed by atoms with Crippen molar-refractivity contribution in [2.24, 2.45) is 11.3 Å². The highest BCUT2D eigenvalue weighted by atomic mass is 16.7. The largest absolute Gasteiger partial charge is 0.495 e. The number of aromatic amines is 1. The first kappa shape index (κ1) is 39.5. The monoisotopic (exact) mass is 794 g/mol. The van der Waals surface area contributed by atoms with Crippen LogP contribution in [0.25, 0.3) is 43.9 Å². The Morgan fingerprint density at radius 3 is 2.22 bits per heavy atom. The molecule has 11 heteroatoms. The summed E-state index contributed by atoms with van der Waals surface area (Å²) in [7, 11) is 0.827. The van der Waals surface area contributed by atoms with Crippen LogP contribution in [-0.4, -0.2) is 64.9 Å². The first-order valence-electron chi connectivity index (χ1n) is 21.4. The number of nitrogens with zero attached hydrogens (tertiary/aromatic N) is 2. The summed E-state index contributed by atoms with van der Waals surface area (Å²) in [6, 6.07) is 22.5. The number of alkyl carbamates (subject to hydrolysis) is 1. The zero-order chi connectivity index (χ0) is 41.4. The third-order valence-corrected chi connectivity index (χ3v) is 14.2. The Morgan fingerprint density at radius 2 is 1.53 bits per heavy atom. The van der Waals surface area contributed by atoms with Gasteiger partial charge in [-0.2, -0.15) is 0 Å². The van der Waals surface area contributed by atoms with E-state index in [9.17, 15) is 14.4 Å². The summed E-state index contributed by atoms with van der Waals surface area (Å²) >= 11 is 0. The molecule has 2 amide bonds. The summed E-state index contributed by atoms with van der Waals surface area (Å²) in [6.45, 7) is 12.7. The minimum atomic E-state index is -0.756. The lowest BCUT2D eigenvalue weighted by Crippen LogP contribution is -2.51. The van der Waals surface area contributed by atoms with Gasteiger partial charge in [-0.1, -0.05) is 81.3 Å². The molecule has 59 heavy (non-hydrogen) atoms. The number of likely N-dealkylation sites (tertiary alicyclic amines) is 1. The maximum absolute atomic E-state index is 13.9. The van der Waals surface area contributed by atoms with E-state index in [-0.39, 0.29) is 22.8 Å². The van der Waals surface area contributed by atoms with Gasteiger partial charge in [-0.3, -0.25) is 9.59 Å². The Labute approximate surface area is 346 Å². The standard InChI is InChI=1S/C48H55BN4O6/c1-28(2)41(51-45(56)57-7)44(55)53-24-12-15-40(53)42-50-39-21-16-29(25-35(39)43(54)52-42)30-17-18-33(37-27-48(26-36(30)37)22-10-11-23-48)32-19-20-38(34-14-9-8-13-31(32)34)49-58-46(3,4)47(5,6)59-49/h8-9,13-14,16-21,25,28,40-41H,10-12,15,22-24,26-27H2,1-7H3,(H,51,56)(H,50,52,54)/t40-,41+/m0/s1. The van der Waals surface area contributed by atoms with Crippen LogP contribution in [0.3, 0.4) is 0 Å². The number of fused-ring (bicyclic) bond motifs is 3. The third-order valence-electron chi connectivity index (χ3n) is 14.2. The third kappa shape index (κ3) is 6.74. The molecule has 1 saturated carbocycles. The van der Waals surface area contributed by atoms with Crippen LogP contribution in [0, 0.1) is 11.3 Å². The predicted molar refractivity (Wildman–Crippen MR) is 233 cm³/mol. The SMILES string of the molecule is COC(=O)N[C@@H](C(=O)N1CCC[C@H]1c1nc2ccc(-c3ccc(-c4ccc(B5OC(C)(C)C(C)(C)O5)c5ccccc45)c4c3CC3(CCCC3)C4)cc2c(=O)[nH]1)C(C)C. The fourth-order valence-electron chi connectivity index (χ4n) is 10.3. The fourth-order valence-corrected chi connectivity index (χ4v) is 10.3. The number of nitrogens with one attached hydrogen (secondary N) is 2. The highest BCUT2D eigenvalue weighted by Gasteiger charge is 2.52. The Kier molecular flexibility index (Phi) is 9.78. The molecule has 2 atom stereocenters. The van der Waals surface area contributed by atoms with E-state index in [1.54, 1.807) is 4.90 Å². The summed E-state index contributed by atoms with van der Waals surface area (Å²) in [5.74, 6) is 0.0975. The zero-order valence-corrected chi connectivity index (χ0v) is 35.4. The lowest BCUT2D eigenvalue weighted by molar-refractivity contribution is -0.135. The topological polar surface area (TPSA) is 123 Å². The maximum atomic E-state index is 13.9. The second-order valence-electron chi connectivity index (χ2n) is 18.7. The van der Waals surface area contributed by atoms with Crippen LogP contribution in [0.5, 0.6) is 0 Å². The van der Waals surface area contributed by atoms with Crippen molar-refractivity contribution < 1.29 is 23.6 Å². The van der Waals surface area contributed by atoms with Crippen LogP contribution in [0.4, 0.5) is 4.79 Å². The summed E-state index contributed by atoms with van der Waals surface area (Å²) in [4.78, 5) is 49.6. The van der Waals surface area contributed by atoms with Gasteiger partial charge in [-0.05, 0) is 139 Å². The van der Waals surface area contributed by atoms with Gasteiger partial charge in [0, 0.05) is 6.54 Å². The summed E-state index contributed by atoms with van der Waals surface area (Å²) < 4.78 is 17.9. The molecule has 4 aliphatic rings. The molecule has 1 spiro atoms. The number of hydrogen-bond acceptors (Lipinski definition) is 7. The van der Waals surface area contributed by atoms with Crippen molar-refractivity contribution in [2.75, 3.05) is 13.7 Å². The molecule has 10 nitrogen and oxygen atoms in total. The van der Waals surface area contributed by atoms with Crippen molar-refractivity contribution in [3.05, 3.63) is 94.0 Å². The number of amides is 2. The molecule has 0 bridgehead atoms. The second-order valence-corrected chi connectivity index (χ2v) is 18.7. The van der Waals surface area contributed by atoms with Crippen LogP contribution >= 0.6 is 0 Å². The van der Waals surface area contributed by atoms with Crippen LogP contribution in [-0.2, 0) is 31.7 Å². The summed E-state index contributed by atoms with van der Waals surface area (Å²) in [5.41, 5.74) is 8.23. The van der Waals surface area contributed by atoms with Crippen LogP contribution < -0.4 is 16.3 Å². The van der Waals surface area contributed by atoms with Gasteiger partial charge in [0.25, 0.3) is 5.56 Å². The van der Waals surface area contributed by atoms with Crippen molar-refractivity contribution in [1.82, 2.24) is 20.2 Å². The number of rotatable bonds is 7. The Bertz CT molecular complexity index is 2540. The molecule has 3 heterocycles. The van der Waals surface area contributed by atoms with Gasteiger partial charge in [-0.25, -0.2) is 9.78 Å². The molecule has 2 N–H and O–H groups in total. The first-order chi connectivity index (χ1) is 28.2. The van der Waals surface area contributed by atoms with Crippen LogP contribution in [0.15, 0.2) is 71.5 Å². The fraction of sp³-hybridized carbons (Fsp3) is 0.458. The van der Waals surface area contributed by atoms with Crippen LogP contribution in [0.1, 0.15) is 103 Å². The van der Waals surface area contributed by atoms with E-state index in [1.165, 1.54) is 66.0 Å². The van der Waals surface area contributed by atoms with E-state index in [4.69, 9.17) is 19.0 Å². The molecule has 1 aromatic heterocycles. The van der Waals surface area contributed by atoms with E-state index < -0.39 is 36.5 Å². The molecule has 2 aliphatic carbocycles. The van der Waals surface area contributed by atoms with Gasteiger partial charge < -0.3 is 29.2 Å². The number of carbonyl (C=O) groups excluding carboxylic acids is 2. The highest BCUT2D eigenvalue weighted by molar-refractivity contribution is 6.65. The predicted octanol–water partition coefficient (Wildman–Crippen LogP) is 8.41. The Morgan fingerprint density at radius 1 is 0.864 bits per heavy atom. The molecular formula is C48H55BN4O6. The minimum Gasteiger partial charge on any atom is -0.453 e. The molecular weight excluding hydrogens is 739 g/mol. The number of methoxy groups -OCH3 is 1. The first-order valence-corrected chi connectivity index (χ1v) is 21.4. The lowest BCUT2D eigenvalue weighted by atomic mass is 9.74. The molecule has 0 unspecified atom stereocenters. The second kappa shape index (κ2) is 14.6. The number of aromatic nitrogens is 2. The van der Waals surface area contributed by atoms with E-state index in [1.807, 2.05) is 26.0 Å². The average molecular weight is 795 g/mol. The number of benzene rings is 4. The van der Waals surface area contributed by atoms with Crippen LogP contribution in [0.2, 0.25) is 0 Å². The number of H-pyrrole nitrogens is 1. The van der Waals surface area contributed by atoms with E-state index in [0.29, 0.717) is 29.7 Å². The van der Waals surface area contributed by atoms with Gasteiger partial charge in [0.05, 0.1) is 35.3 Å². The molecule has 2 saturated heterocycles. The molecule has 5 aromatic rings. The lowest BCUT2D eigenvalue weighted by Gasteiger charge is -2.32. The molecule has 0 radical (unpaired) electrons. The quantitative estimate of drug-likeness (QED) is 0.159. The molecule has 3 fully saturated rings. The number of ether oxygens (including phenoxy) is 1. The average Bonchev–Trinajstić information content (AvgIpc) is 4.01. The van der Waals surface area contributed by atoms with Gasteiger partial charge in [0.1, 0.15) is 11.9 Å². The number of carbonyl (C=O) groups is 2. The highest BCUT2D eigenvalue weighted by Crippen LogP contribution is 2.53. The minimum absolute atomic E-state index is 0.156. The smallest absolute Gasteiger partial charge is 0.453 e. The van der Waals surface area contributed by atoms with Crippen molar-refractivity contribution in [1.29, 1.82) is 0 Å². The van der Waals surface area contributed by atoms with Gasteiger partial charge in [0.2, 0.25) is 5.91 Å². The van der Waals surface area contributed by atoms with Crippen molar-refractivity contribution in [3.8, 4) is 22.3 Å². The Hall–Kier alpha value is -5.00. The van der Waals surface area contributed by atoms with Crippen molar-refractivity contribution >= 4 is 46.3 Å². The van der Waals surface area contributed by atoms with E-state index in [2.05, 4.69) is 92.6 Å².